The highest BCUT2D eigenvalue weighted by atomic mass is 19.4. The van der Waals surface area contributed by atoms with Gasteiger partial charge in [0, 0.05) is 16.7 Å². The van der Waals surface area contributed by atoms with Crippen molar-refractivity contribution < 1.29 is 36.2 Å². The zero-order chi connectivity index (χ0) is 18.7. The summed E-state index contributed by atoms with van der Waals surface area (Å²) < 4.78 is 80.6. The van der Waals surface area contributed by atoms with Crippen molar-refractivity contribution in [1.82, 2.24) is 0 Å². The van der Waals surface area contributed by atoms with Crippen LogP contribution >= 0.6 is 0 Å². The predicted octanol–water partition coefficient (Wildman–Crippen LogP) is 5.55. The van der Waals surface area contributed by atoms with Crippen LogP contribution in [-0.2, 0) is 4.74 Å². The SMILES string of the molecule is CC/C=C(C)/C=C(\C=C(/C)C(F)(F)F)C(/O)=C1\COC1C(F)(F)F. The number of hydrogen-bond acceptors (Lipinski definition) is 2. The van der Waals surface area contributed by atoms with E-state index in [0.717, 1.165) is 6.92 Å². The molecule has 2 nitrogen and oxygen atoms in total. The van der Waals surface area contributed by atoms with Gasteiger partial charge in [-0.25, -0.2) is 0 Å². The van der Waals surface area contributed by atoms with Gasteiger partial charge >= 0.3 is 12.4 Å². The minimum absolute atomic E-state index is 0.334. The average molecular weight is 356 g/mol. The van der Waals surface area contributed by atoms with Gasteiger partial charge in [-0.05, 0) is 32.4 Å². The first-order valence-electron chi connectivity index (χ1n) is 7.12. The lowest BCUT2D eigenvalue weighted by Crippen LogP contribution is -2.44. The van der Waals surface area contributed by atoms with Crippen LogP contribution in [0.15, 0.2) is 46.3 Å². The second-order valence-electron chi connectivity index (χ2n) is 5.39. The monoisotopic (exact) mass is 356 g/mol. The van der Waals surface area contributed by atoms with E-state index >= 15 is 0 Å². The summed E-state index contributed by atoms with van der Waals surface area (Å²) in [5.74, 6) is -0.837. The molecule has 0 saturated carbocycles. The van der Waals surface area contributed by atoms with E-state index in [-0.39, 0.29) is 5.57 Å². The Labute approximate surface area is 135 Å². The maximum absolute atomic E-state index is 12.7. The van der Waals surface area contributed by atoms with Crippen molar-refractivity contribution in [3.8, 4) is 0 Å². The third-order valence-electron chi connectivity index (χ3n) is 3.33. The van der Waals surface area contributed by atoms with Crippen LogP contribution in [0.2, 0.25) is 0 Å². The third kappa shape index (κ3) is 5.15. The second kappa shape index (κ2) is 7.46. The Morgan fingerprint density at radius 1 is 1.17 bits per heavy atom. The summed E-state index contributed by atoms with van der Waals surface area (Å²) in [4.78, 5) is 0. The van der Waals surface area contributed by atoms with Gasteiger partial charge in [-0.3, -0.25) is 0 Å². The van der Waals surface area contributed by atoms with Crippen LogP contribution in [0.1, 0.15) is 27.2 Å². The van der Waals surface area contributed by atoms with Gasteiger partial charge in [0.15, 0.2) is 6.10 Å². The molecule has 1 unspecified atom stereocenters. The molecule has 1 aliphatic rings. The van der Waals surface area contributed by atoms with Crippen LogP contribution in [0.4, 0.5) is 26.3 Å². The van der Waals surface area contributed by atoms with Crippen LogP contribution in [0, 0.1) is 0 Å². The van der Waals surface area contributed by atoms with Gasteiger partial charge in [-0.1, -0.05) is 18.6 Å². The fourth-order valence-electron chi connectivity index (χ4n) is 2.04. The largest absolute Gasteiger partial charge is 0.507 e. The van der Waals surface area contributed by atoms with Gasteiger partial charge in [-0.2, -0.15) is 26.3 Å². The fourth-order valence-corrected chi connectivity index (χ4v) is 2.04. The highest BCUT2D eigenvalue weighted by Gasteiger charge is 2.50. The van der Waals surface area contributed by atoms with Crippen LogP contribution in [0.3, 0.4) is 0 Å². The number of hydrogen-bond donors (Lipinski definition) is 1. The lowest BCUT2D eigenvalue weighted by molar-refractivity contribution is -0.233. The number of halogens is 6. The summed E-state index contributed by atoms with van der Waals surface area (Å²) in [7, 11) is 0. The van der Waals surface area contributed by atoms with E-state index in [1.54, 1.807) is 19.9 Å². The van der Waals surface area contributed by atoms with Crippen molar-refractivity contribution >= 4 is 0 Å². The summed E-state index contributed by atoms with van der Waals surface area (Å²) in [6.45, 7) is 3.67. The second-order valence-corrected chi connectivity index (χ2v) is 5.39. The van der Waals surface area contributed by atoms with Crippen molar-refractivity contribution in [2.45, 2.75) is 45.6 Å². The smallest absolute Gasteiger partial charge is 0.418 e. The molecule has 0 aliphatic carbocycles. The van der Waals surface area contributed by atoms with Crippen molar-refractivity contribution in [2.24, 2.45) is 0 Å². The van der Waals surface area contributed by atoms with E-state index in [0.29, 0.717) is 18.1 Å². The zero-order valence-electron chi connectivity index (χ0n) is 13.3. The Hall–Kier alpha value is -1.70. The molecule has 8 heteroatoms. The highest BCUT2D eigenvalue weighted by Crippen LogP contribution is 2.38. The van der Waals surface area contributed by atoms with Gasteiger partial charge in [0.25, 0.3) is 0 Å². The molecule has 0 aromatic carbocycles. The summed E-state index contributed by atoms with van der Waals surface area (Å²) in [6, 6.07) is 0. The van der Waals surface area contributed by atoms with Gasteiger partial charge in [0.1, 0.15) is 5.76 Å². The standard InChI is InChI=1S/C16H18F6O2/c1-4-5-9(2)6-11(7-10(3)15(17,18)19)13(23)12-8-24-14(12)16(20,21)22/h5-7,14,23H,4,8H2,1-3H3/b9-5+,10-7+,11-6+,13-12-. The normalized spacial score (nSPS) is 23.2. The number of aliphatic hydroxyl groups is 1. The van der Waals surface area contributed by atoms with E-state index < -0.39 is 42.0 Å². The van der Waals surface area contributed by atoms with Crippen LogP contribution in [-0.4, -0.2) is 30.2 Å². The molecule has 1 saturated heterocycles. The summed E-state index contributed by atoms with van der Waals surface area (Å²) in [6.07, 6.45) is -7.57. The maximum atomic E-state index is 12.7. The quantitative estimate of drug-likeness (QED) is 0.406. The molecule has 0 aromatic heterocycles. The van der Waals surface area contributed by atoms with E-state index in [4.69, 9.17) is 0 Å². The van der Waals surface area contributed by atoms with E-state index in [2.05, 4.69) is 4.74 Å². The van der Waals surface area contributed by atoms with E-state index in [1.807, 2.05) is 0 Å². The molecule has 1 heterocycles. The molecule has 1 atom stereocenters. The number of aliphatic hydroxyl groups excluding tert-OH is 1. The Morgan fingerprint density at radius 3 is 2.12 bits per heavy atom. The Kier molecular flexibility index (Phi) is 6.32. The number of rotatable bonds is 4. The molecule has 0 amide bonds. The lowest BCUT2D eigenvalue weighted by atomic mass is 9.97. The molecule has 0 aromatic rings. The topological polar surface area (TPSA) is 29.5 Å². The third-order valence-corrected chi connectivity index (χ3v) is 3.33. The van der Waals surface area contributed by atoms with Crippen molar-refractivity contribution in [2.75, 3.05) is 6.61 Å². The van der Waals surface area contributed by atoms with Gasteiger partial charge < -0.3 is 9.84 Å². The first kappa shape index (κ1) is 20.3. The minimum atomic E-state index is -4.73. The molecule has 24 heavy (non-hydrogen) atoms. The summed E-state index contributed by atoms with van der Waals surface area (Å²) in [5, 5.41) is 10.1. The fraction of sp³-hybridized carbons (Fsp3) is 0.500. The molecule has 136 valence electrons. The molecule has 0 bridgehead atoms. The van der Waals surface area contributed by atoms with Crippen LogP contribution in [0.25, 0.3) is 0 Å². The molecular weight excluding hydrogens is 338 g/mol. The predicted molar refractivity (Wildman–Crippen MR) is 77.4 cm³/mol. The number of alkyl halides is 6. The number of ether oxygens (including phenoxy) is 1. The summed E-state index contributed by atoms with van der Waals surface area (Å²) >= 11 is 0. The maximum Gasteiger partial charge on any atom is 0.418 e. The van der Waals surface area contributed by atoms with Crippen molar-refractivity contribution in [3.63, 3.8) is 0 Å². The minimum Gasteiger partial charge on any atom is -0.507 e. The molecule has 1 rings (SSSR count). The Bertz CT molecular complexity index is 591. The van der Waals surface area contributed by atoms with Gasteiger partial charge in [0.2, 0.25) is 0 Å². The highest BCUT2D eigenvalue weighted by molar-refractivity contribution is 5.46. The molecular formula is C16H18F6O2. The van der Waals surface area contributed by atoms with Crippen LogP contribution < -0.4 is 0 Å². The lowest BCUT2D eigenvalue weighted by Gasteiger charge is -2.33. The first-order chi connectivity index (χ1) is 10.9. The molecule has 1 fully saturated rings. The Balaban J connectivity index is 3.37. The zero-order valence-corrected chi connectivity index (χ0v) is 13.3. The van der Waals surface area contributed by atoms with Crippen molar-refractivity contribution in [3.05, 3.63) is 46.3 Å². The molecule has 0 radical (unpaired) electrons. The van der Waals surface area contributed by atoms with E-state index in [1.165, 1.54) is 6.08 Å². The van der Waals surface area contributed by atoms with E-state index in [9.17, 15) is 31.4 Å². The number of allylic oxidation sites excluding steroid dienone is 5. The summed E-state index contributed by atoms with van der Waals surface area (Å²) in [5.41, 5.74) is -1.33. The Morgan fingerprint density at radius 2 is 1.75 bits per heavy atom. The molecule has 1 aliphatic heterocycles. The first-order valence-corrected chi connectivity index (χ1v) is 7.12. The average Bonchev–Trinajstić information content (AvgIpc) is 2.33. The van der Waals surface area contributed by atoms with Crippen LogP contribution in [0.5, 0.6) is 0 Å². The van der Waals surface area contributed by atoms with Gasteiger partial charge in [0.05, 0.1) is 6.61 Å². The van der Waals surface area contributed by atoms with Crippen molar-refractivity contribution in [1.29, 1.82) is 0 Å². The molecule has 1 N–H and O–H groups in total. The molecule has 0 spiro atoms. The van der Waals surface area contributed by atoms with Gasteiger partial charge in [-0.15, -0.1) is 0 Å².